The van der Waals surface area contributed by atoms with Gasteiger partial charge in [-0.25, -0.2) is 0 Å². The topological polar surface area (TPSA) is 38.7 Å². The molecular weight excluding hydrogens is 192 g/mol. The lowest BCUT2D eigenvalue weighted by Gasteiger charge is -2.11. The van der Waals surface area contributed by atoms with Gasteiger partial charge in [-0.15, -0.1) is 0 Å². The molecule has 0 unspecified atom stereocenters. The minimum Gasteiger partial charge on any atom is -0.497 e. The van der Waals surface area contributed by atoms with E-state index in [1.54, 1.807) is 13.2 Å². The number of aliphatic hydroxyl groups excluding tert-OH is 1. The smallest absolute Gasteiger partial charge is 0.128 e. The summed E-state index contributed by atoms with van der Waals surface area (Å²) in [6.45, 7) is 2.78. The fourth-order valence-corrected chi connectivity index (χ4v) is 1.25. The molecule has 1 aromatic carbocycles. The molecular formula is C12H18O3. The fraction of sp³-hybridized carbons (Fsp3) is 0.500. The van der Waals surface area contributed by atoms with Crippen LogP contribution in [0.5, 0.6) is 11.5 Å². The van der Waals surface area contributed by atoms with Crippen molar-refractivity contribution in [2.24, 2.45) is 0 Å². The van der Waals surface area contributed by atoms with Gasteiger partial charge in [0, 0.05) is 11.6 Å². The van der Waals surface area contributed by atoms with Gasteiger partial charge in [-0.05, 0) is 18.6 Å². The van der Waals surface area contributed by atoms with Crippen LogP contribution in [0.1, 0.15) is 25.3 Å². The summed E-state index contributed by atoms with van der Waals surface area (Å²) in [6.07, 6.45) is 2.11. The van der Waals surface area contributed by atoms with Crippen molar-refractivity contribution in [1.82, 2.24) is 0 Å². The Morgan fingerprint density at radius 3 is 2.73 bits per heavy atom. The van der Waals surface area contributed by atoms with Crippen LogP contribution in [0.2, 0.25) is 0 Å². The van der Waals surface area contributed by atoms with Crippen LogP contribution >= 0.6 is 0 Å². The lowest BCUT2D eigenvalue weighted by atomic mass is 10.2. The minimum absolute atomic E-state index is 0.00848. The van der Waals surface area contributed by atoms with E-state index in [0.29, 0.717) is 12.4 Å². The van der Waals surface area contributed by atoms with E-state index < -0.39 is 0 Å². The first-order valence-electron chi connectivity index (χ1n) is 5.22. The largest absolute Gasteiger partial charge is 0.497 e. The Morgan fingerprint density at radius 2 is 2.13 bits per heavy atom. The summed E-state index contributed by atoms with van der Waals surface area (Å²) >= 11 is 0. The zero-order chi connectivity index (χ0) is 11.1. The first-order chi connectivity index (χ1) is 7.31. The predicted molar refractivity (Wildman–Crippen MR) is 59.3 cm³/mol. The summed E-state index contributed by atoms with van der Waals surface area (Å²) in [6, 6.07) is 5.44. The van der Waals surface area contributed by atoms with E-state index in [0.717, 1.165) is 24.2 Å². The summed E-state index contributed by atoms with van der Waals surface area (Å²) in [5.41, 5.74) is 0.798. The number of unbranched alkanes of at least 4 members (excludes halogenated alkanes) is 1. The minimum atomic E-state index is -0.00848. The standard InChI is InChI=1S/C12H18O3/c1-3-4-7-15-12-8-11(14-2)6-5-10(12)9-13/h5-6,8,13H,3-4,7,9H2,1-2H3. The van der Waals surface area contributed by atoms with Crippen LogP contribution < -0.4 is 9.47 Å². The van der Waals surface area contributed by atoms with Crippen LogP contribution in [0.25, 0.3) is 0 Å². The van der Waals surface area contributed by atoms with Crippen molar-refractivity contribution in [1.29, 1.82) is 0 Å². The zero-order valence-electron chi connectivity index (χ0n) is 9.32. The maximum absolute atomic E-state index is 9.12. The molecule has 0 bridgehead atoms. The maximum Gasteiger partial charge on any atom is 0.128 e. The molecule has 0 aromatic heterocycles. The quantitative estimate of drug-likeness (QED) is 0.732. The average molecular weight is 210 g/mol. The number of ether oxygens (including phenoxy) is 2. The molecule has 1 aromatic rings. The first kappa shape index (κ1) is 11.9. The Balaban J connectivity index is 2.72. The van der Waals surface area contributed by atoms with Gasteiger partial charge >= 0.3 is 0 Å². The Morgan fingerprint density at radius 1 is 1.33 bits per heavy atom. The van der Waals surface area contributed by atoms with Crippen molar-refractivity contribution in [2.45, 2.75) is 26.4 Å². The van der Waals surface area contributed by atoms with Crippen LogP contribution in [0.15, 0.2) is 18.2 Å². The predicted octanol–water partition coefficient (Wildman–Crippen LogP) is 2.37. The average Bonchev–Trinajstić information content (AvgIpc) is 2.29. The van der Waals surface area contributed by atoms with Crippen molar-refractivity contribution in [3.8, 4) is 11.5 Å². The Kier molecular flexibility index (Phi) is 4.98. The van der Waals surface area contributed by atoms with E-state index >= 15 is 0 Å². The van der Waals surface area contributed by atoms with Crippen LogP contribution in [0.4, 0.5) is 0 Å². The summed E-state index contributed by atoms with van der Waals surface area (Å²) in [7, 11) is 1.61. The van der Waals surface area contributed by atoms with Gasteiger partial charge in [0.25, 0.3) is 0 Å². The van der Waals surface area contributed by atoms with Crippen molar-refractivity contribution in [3.05, 3.63) is 23.8 Å². The second-order valence-electron chi connectivity index (χ2n) is 3.33. The van der Waals surface area contributed by atoms with Gasteiger partial charge in [0.15, 0.2) is 0 Å². The van der Waals surface area contributed by atoms with E-state index in [1.165, 1.54) is 0 Å². The molecule has 0 spiro atoms. The monoisotopic (exact) mass is 210 g/mol. The first-order valence-corrected chi connectivity index (χ1v) is 5.22. The zero-order valence-corrected chi connectivity index (χ0v) is 9.32. The van der Waals surface area contributed by atoms with Crippen molar-refractivity contribution >= 4 is 0 Å². The Bertz CT molecular complexity index is 297. The van der Waals surface area contributed by atoms with Gasteiger partial charge in [-0.1, -0.05) is 13.3 Å². The molecule has 0 aliphatic carbocycles. The van der Waals surface area contributed by atoms with Gasteiger partial charge in [-0.3, -0.25) is 0 Å². The molecule has 0 radical (unpaired) electrons. The highest BCUT2D eigenvalue weighted by Gasteiger charge is 2.04. The molecule has 0 aliphatic heterocycles. The van der Waals surface area contributed by atoms with E-state index in [2.05, 4.69) is 6.92 Å². The summed E-state index contributed by atoms with van der Waals surface area (Å²) < 4.78 is 10.7. The molecule has 0 aliphatic rings. The van der Waals surface area contributed by atoms with E-state index in [1.807, 2.05) is 12.1 Å². The van der Waals surface area contributed by atoms with E-state index in [9.17, 15) is 0 Å². The molecule has 0 fully saturated rings. The molecule has 0 amide bonds. The lowest BCUT2D eigenvalue weighted by Crippen LogP contribution is -2.00. The Hall–Kier alpha value is -1.22. The SMILES string of the molecule is CCCCOc1cc(OC)ccc1CO. The summed E-state index contributed by atoms with van der Waals surface area (Å²) in [5.74, 6) is 1.46. The van der Waals surface area contributed by atoms with Crippen molar-refractivity contribution in [3.63, 3.8) is 0 Å². The molecule has 1 rings (SSSR count). The van der Waals surface area contributed by atoms with Gasteiger partial charge in [0.2, 0.25) is 0 Å². The van der Waals surface area contributed by atoms with Gasteiger partial charge in [0.1, 0.15) is 11.5 Å². The third-order valence-electron chi connectivity index (χ3n) is 2.20. The number of methoxy groups -OCH3 is 1. The van der Waals surface area contributed by atoms with Gasteiger partial charge in [0.05, 0.1) is 20.3 Å². The third kappa shape index (κ3) is 3.44. The second kappa shape index (κ2) is 6.30. The normalized spacial score (nSPS) is 10.1. The molecule has 0 saturated heterocycles. The molecule has 15 heavy (non-hydrogen) atoms. The number of rotatable bonds is 6. The molecule has 3 heteroatoms. The van der Waals surface area contributed by atoms with Crippen LogP contribution in [0, 0.1) is 0 Å². The van der Waals surface area contributed by atoms with Gasteiger partial charge < -0.3 is 14.6 Å². The third-order valence-corrected chi connectivity index (χ3v) is 2.20. The second-order valence-corrected chi connectivity index (χ2v) is 3.33. The highest BCUT2D eigenvalue weighted by molar-refractivity contribution is 5.40. The molecule has 3 nitrogen and oxygen atoms in total. The number of hydrogen-bond acceptors (Lipinski definition) is 3. The van der Waals surface area contributed by atoms with Crippen molar-refractivity contribution in [2.75, 3.05) is 13.7 Å². The number of hydrogen-bond donors (Lipinski definition) is 1. The molecule has 0 saturated carbocycles. The molecule has 1 N–H and O–H groups in total. The highest BCUT2D eigenvalue weighted by Crippen LogP contribution is 2.24. The number of benzene rings is 1. The molecule has 0 atom stereocenters. The summed E-state index contributed by atoms with van der Waals surface area (Å²) in [5, 5.41) is 9.12. The maximum atomic E-state index is 9.12. The van der Waals surface area contributed by atoms with Crippen molar-refractivity contribution < 1.29 is 14.6 Å². The number of aliphatic hydroxyl groups is 1. The van der Waals surface area contributed by atoms with Crippen LogP contribution in [-0.2, 0) is 6.61 Å². The lowest BCUT2D eigenvalue weighted by molar-refractivity contribution is 0.260. The Labute approximate surface area is 90.6 Å². The molecule has 0 heterocycles. The highest BCUT2D eigenvalue weighted by atomic mass is 16.5. The van der Waals surface area contributed by atoms with E-state index in [-0.39, 0.29) is 6.61 Å². The van der Waals surface area contributed by atoms with Crippen LogP contribution in [-0.4, -0.2) is 18.8 Å². The van der Waals surface area contributed by atoms with E-state index in [4.69, 9.17) is 14.6 Å². The van der Waals surface area contributed by atoms with Crippen LogP contribution in [0.3, 0.4) is 0 Å². The summed E-state index contributed by atoms with van der Waals surface area (Å²) in [4.78, 5) is 0. The fourth-order valence-electron chi connectivity index (χ4n) is 1.25. The molecule has 84 valence electrons. The van der Waals surface area contributed by atoms with Gasteiger partial charge in [-0.2, -0.15) is 0 Å².